The standard InChI is InChI=1S/C18H28O4/c1-2-3-6-11-16(19)12-7-4-5-8-13-17(20)14-9-10-15-18(21)22/h3-8,12-13,16-17,19-20H,2,9-11,14-15H2,1H3,(H,21,22)/b5-4-,6-3-,12-7+,13-8-. The normalized spacial score (nSPS) is 15.4. The molecule has 0 aromatic carbocycles. The van der Waals surface area contributed by atoms with Gasteiger partial charge in [0.1, 0.15) is 0 Å². The van der Waals surface area contributed by atoms with E-state index < -0.39 is 18.2 Å². The fourth-order valence-corrected chi connectivity index (χ4v) is 1.72. The summed E-state index contributed by atoms with van der Waals surface area (Å²) < 4.78 is 0. The third-order valence-electron chi connectivity index (χ3n) is 2.92. The SMILES string of the molecule is CC/C=C\CC(O)/C=C/C=C\C=C/C(O)CCCCC(=O)O. The lowest BCUT2D eigenvalue weighted by molar-refractivity contribution is -0.137. The summed E-state index contributed by atoms with van der Waals surface area (Å²) in [7, 11) is 0. The van der Waals surface area contributed by atoms with E-state index in [4.69, 9.17) is 5.11 Å². The van der Waals surface area contributed by atoms with Gasteiger partial charge in [-0.05, 0) is 32.1 Å². The number of rotatable bonds is 12. The van der Waals surface area contributed by atoms with Gasteiger partial charge in [-0.2, -0.15) is 0 Å². The highest BCUT2D eigenvalue weighted by molar-refractivity contribution is 5.66. The smallest absolute Gasteiger partial charge is 0.303 e. The molecular weight excluding hydrogens is 280 g/mol. The lowest BCUT2D eigenvalue weighted by atomic mass is 10.1. The summed E-state index contributed by atoms with van der Waals surface area (Å²) in [5.41, 5.74) is 0. The maximum Gasteiger partial charge on any atom is 0.303 e. The Balaban J connectivity index is 3.81. The molecule has 0 heterocycles. The summed E-state index contributed by atoms with van der Waals surface area (Å²) in [4.78, 5) is 10.3. The van der Waals surface area contributed by atoms with E-state index in [-0.39, 0.29) is 6.42 Å². The zero-order valence-electron chi connectivity index (χ0n) is 13.3. The molecule has 2 atom stereocenters. The van der Waals surface area contributed by atoms with Crippen molar-refractivity contribution in [2.24, 2.45) is 0 Å². The van der Waals surface area contributed by atoms with E-state index in [0.717, 1.165) is 6.42 Å². The third kappa shape index (κ3) is 14.8. The van der Waals surface area contributed by atoms with Gasteiger partial charge in [0, 0.05) is 6.42 Å². The Hall–Kier alpha value is -1.65. The maximum atomic E-state index is 10.3. The molecule has 0 aromatic rings. The molecule has 2 unspecified atom stereocenters. The number of unbranched alkanes of at least 4 members (excludes halogenated alkanes) is 1. The van der Waals surface area contributed by atoms with Crippen LogP contribution in [0.4, 0.5) is 0 Å². The van der Waals surface area contributed by atoms with Gasteiger partial charge >= 0.3 is 5.97 Å². The van der Waals surface area contributed by atoms with Crippen molar-refractivity contribution in [3.05, 3.63) is 48.6 Å². The number of aliphatic hydroxyl groups excluding tert-OH is 2. The number of allylic oxidation sites excluding steroid dienone is 5. The maximum absolute atomic E-state index is 10.3. The Morgan fingerprint density at radius 2 is 1.59 bits per heavy atom. The first kappa shape index (κ1) is 20.3. The first-order valence-electron chi connectivity index (χ1n) is 7.80. The largest absolute Gasteiger partial charge is 0.481 e. The van der Waals surface area contributed by atoms with Crippen molar-refractivity contribution in [2.75, 3.05) is 0 Å². The van der Waals surface area contributed by atoms with Crippen LogP contribution in [0.5, 0.6) is 0 Å². The second kappa shape index (κ2) is 14.3. The highest BCUT2D eigenvalue weighted by Crippen LogP contribution is 2.05. The number of hydrogen-bond acceptors (Lipinski definition) is 3. The highest BCUT2D eigenvalue weighted by Gasteiger charge is 2.00. The van der Waals surface area contributed by atoms with Gasteiger partial charge in [0.2, 0.25) is 0 Å². The van der Waals surface area contributed by atoms with Gasteiger partial charge in [-0.25, -0.2) is 0 Å². The average Bonchev–Trinajstić information content (AvgIpc) is 2.47. The number of aliphatic hydroxyl groups is 2. The van der Waals surface area contributed by atoms with Gasteiger partial charge in [0.15, 0.2) is 0 Å². The summed E-state index contributed by atoms with van der Waals surface area (Å²) in [6.45, 7) is 2.05. The zero-order valence-corrected chi connectivity index (χ0v) is 13.3. The molecule has 0 aliphatic heterocycles. The third-order valence-corrected chi connectivity index (χ3v) is 2.92. The molecule has 0 rings (SSSR count). The minimum absolute atomic E-state index is 0.150. The molecule has 0 aliphatic carbocycles. The molecule has 0 saturated carbocycles. The molecule has 22 heavy (non-hydrogen) atoms. The molecular formula is C18H28O4. The van der Waals surface area contributed by atoms with Crippen molar-refractivity contribution in [3.8, 4) is 0 Å². The van der Waals surface area contributed by atoms with Crippen LogP contribution in [0.2, 0.25) is 0 Å². The van der Waals surface area contributed by atoms with Gasteiger partial charge in [0.25, 0.3) is 0 Å². The van der Waals surface area contributed by atoms with E-state index in [9.17, 15) is 15.0 Å². The Labute approximate surface area is 133 Å². The second-order valence-corrected chi connectivity index (χ2v) is 5.04. The molecule has 3 N–H and O–H groups in total. The summed E-state index contributed by atoms with van der Waals surface area (Å²) in [6.07, 6.45) is 17.0. The molecule has 0 aromatic heterocycles. The van der Waals surface area contributed by atoms with E-state index in [2.05, 4.69) is 0 Å². The molecule has 0 fully saturated rings. The highest BCUT2D eigenvalue weighted by atomic mass is 16.4. The molecule has 0 aliphatic rings. The quantitative estimate of drug-likeness (QED) is 0.293. The predicted octanol–water partition coefficient (Wildman–Crippen LogP) is 3.38. The van der Waals surface area contributed by atoms with Crippen LogP contribution >= 0.6 is 0 Å². The Morgan fingerprint density at radius 1 is 0.955 bits per heavy atom. The van der Waals surface area contributed by atoms with Crippen LogP contribution in [-0.4, -0.2) is 33.5 Å². The first-order valence-corrected chi connectivity index (χ1v) is 7.80. The minimum Gasteiger partial charge on any atom is -0.481 e. The molecule has 4 nitrogen and oxygen atoms in total. The Bertz CT molecular complexity index is 394. The molecule has 0 radical (unpaired) electrons. The minimum atomic E-state index is -0.799. The van der Waals surface area contributed by atoms with E-state index in [0.29, 0.717) is 25.7 Å². The van der Waals surface area contributed by atoms with Crippen LogP contribution in [-0.2, 0) is 4.79 Å². The van der Waals surface area contributed by atoms with E-state index in [1.54, 1.807) is 36.5 Å². The Morgan fingerprint density at radius 3 is 2.18 bits per heavy atom. The number of carbonyl (C=O) groups is 1. The van der Waals surface area contributed by atoms with Crippen LogP contribution in [0.3, 0.4) is 0 Å². The molecule has 124 valence electrons. The summed E-state index contributed by atoms with van der Waals surface area (Å²) in [5.74, 6) is -0.799. The van der Waals surface area contributed by atoms with Gasteiger partial charge in [0.05, 0.1) is 12.2 Å². The molecule has 0 bridgehead atoms. The Kier molecular flexibility index (Phi) is 13.2. The van der Waals surface area contributed by atoms with Crippen LogP contribution in [0, 0.1) is 0 Å². The molecule has 0 spiro atoms. The molecule has 4 heteroatoms. The van der Waals surface area contributed by atoms with Crippen molar-refractivity contribution < 1.29 is 20.1 Å². The predicted molar refractivity (Wildman–Crippen MR) is 89.6 cm³/mol. The molecule has 0 amide bonds. The monoisotopic (exact) mass is 308 g/mol. The van der Waals surface area contributed by atoms with Crippen molar-refractivity contribution in [1.82, 2.24) is 0 Å². The summed E-state index contributed by atoms with van der Waals surface area (Å²) in [6, 6.07) is 0. The fourth-order valence-electron chi connectivity index (χ4n) is 1.72. The number of aliphatic carboxylic acids is 1. The van der Waals surface area contributed by atoms with Crippen LogP contribution in [0.1, 0.15) is 45.4 Å². The van der Waals surface area contributed by atoms with Gasteiger partial charge in [-0.1, -0.05) is 55.5 Å². The van der Waals surface area contributed by atoms with E-state index in [1.165, 1.54) is 0 Å². The van der Waals surface area contributed by atoms with Crippen molar-refractivity contribution in [3.63, 3.8) is 0 Å². The summed E-state index contributed by atoms with van der Waals surface area (Å²) >= 11 is 0. The van der Waals surface area contributed by atoms with Crippen LogP contribution in [0.25, 0.3) is 0 Å². The van der Waals surface area contributed by atoms with Crippen molar-refractivity contribution in [2.45, 2.75) is 57.7 Å². The lowest BCUT2D eigenvalue weighted by Crippen LogP contribution is -2.02. The zero-order chi connectivity index (χ0) is 16.6. The van der Waals surface area contributed by atoms with Gasteiger partial charge in [-0.15, -0.1) is 0 Å². The topological polar surface area (TPSA) is 77.8 Å². The number of carboxylic acid groups (broad SMARTS) is 1. The van der Waals surface area contributed by atoms with Crippen molar-refractivity contribution in [1.29, 1.82) is 0 Å². The first-order chi connectivity index (χ1) is 10.6. The number of hydrogen-bond donors (Lipinski definition) is 3. The van der Waals surface area contributed by atoms with Gasteiger partial charge in [-0.3, -0.25) is 4.79 Å². The average molecular weight is 308 g/mol. The van der Waals surface area contributed by atoms with Crippen molar-refractivity contribution >= 4 is 5.97 Å². The molecule has 0 saturated heterocycles. The van der Waals surface area contributed by atoms with Gasteiger partial charge < -0.3 is 15.3 Å². The van der Waals surface area contributed by atoms with Crippen LogP contribution in [0.15, 0.2) is 48.6 Å². The van der Waals surface area contributed by atoms with E-state index >= 15 is 0 Å². The fraction of sp³-hybridized carbons (Fsp3) is 0.500. The number of carboxylic acids is 1. The second-order valence-electron chi connectivity index (χ2n) is 5.04. The van der Waals surface area contributed by atoms with Crippen LogP contribution < -0.4 is 0 Å². The van der Waals surface area contributed by atoms with E-state index in [1.807, 2.05) is 19.1 Å². The lowest BCUT2D eigenvalue weighted by Gasteiger charge is -2.03. The summed E-state index contributed by atoms with van der Waals surface area (Å²) in [5, 5.41) is 27.7.